The van der Waals surface area contributed by atoms with E-state index in [-0.39, 0.29) is 0 Å². The molecule has 2 aromatic rings. The maximum atomic E-state index is 5.52. The maximum absolute atomic E-state index is 5.52. The lowest BCUT2D eigenvalue weighted by molar-refractivity contribution is 0.174. The summed E-state index contributed by atoms with van der Waals surface area (Å²) in [6, 6.07) is 12.3. The van der Waals surface area contributed by atoms with Gasteiger partial charge in [-0.3, -0.25) is 0 Å². The molecule has 2 aromatic carbocycles. The van der Waals surface area contributed by atoms with Gasteiger partial charge in [0.2, 0.25) is 6.79 Å². The van der Waals surface area contributed by atoms with E-state index < -0.39 is 0 Å². The normalized spacial score (nSPS) is 14.8. The van der Waals surface area contributed by atoms with Gasteiger partial charge in [-0.05, 0) is 29.3 Å². The van der Waals surface area contributed by atoms with Crippen LogP contribution in [0.4, 0.5) is 5.69 Å². The molecule has 4 nitrogen and oxygen atoms in total. The minimum absolute atomic E-state index is 0.309. The van der Waals surface area contributed by atoms with Crippen molar-refractivity contribution >= 4 is 5.69 Å². The molecule has 0 saturated carbocycles. The van der Waals surface area contributed by atoms with Crippen molar-refractivity contribution in [2.75, 3.05) is 18.7 Å². The summed E-state index contributed by atoms with van der Waals surface area (Å²) in [7, 11) is 0. The molecule has 2 aliphatic heterocycles. The Bertz CT molecular complexity index is 597. The standard InChI is InChI=1S/C16H15NO3/c1-3-14-12(5-6-18-14)7-11(1)9-17-13-2-4-15-16(8-13)20-10-19-15/h1-4,7-8,17H,5-6,9-10H2. The second-order valence-corrected chi connectivity index (χ2v) is 4.96. The molecule has 2 heterocycles. The number of hydrogen-bond donors (Lipinski definition) is 1. The third-order valence-electron chi connectivity index (χ3n) is 3.62. The van der Waals surface area contributed by atoms with Gasteiger partial charge in [0, 0.05) is 24.7 Å². The fraction of sp³-hybridized carbons (Fsp3) is 0.250. The third kappa shape index (κ3) is 2.03. The zero-order chi connectivity index (χ0) is 13.4. The van der Waals surface area contributed by atoms with Crippen molar-refractivity contribution in [2.45, 2.75) is 13.0 Å². The Morgan fingerprint density at radius 2 is 1.80 bits per heavy atom. The Kier molecular flexibility index (Phi) is 2.66. The summed E-state index contributed by atoms with van der Waals surface area (Å²) < 4.78 is 16.2. The first-order chi connectivity index (χ1) is 9.88. The van der Waals surface area contributed by atoms with Gasteiger partial charge in [-0.1, -0.05) is 12.1 Å². The minimum Gasteiger partial charge on any atom is -0.493 e. The molecule has 20 heavy (non-hydrogen) atoms. The summed E-state index contributed by atoms with van der Waals surface area (Å²) in [6.45, 7) is 1.89. The highest BCUT2D eigenvalue weighted by Gasteiger charge is 2.14. The molecule has 0 aromatic heterocycles. The van der Waals surface area contributed by atoms with Crippen molar-refractivity contribution in [1.82, 2.24) is 0 Å². The third-order valence-corrected chi connectivity index (χ3v) is 3.62. The van der Waals surface area contributed by atoms with Crippen molar-refractivity contribution in [2.24, 2.45) is 0 Å². The molecule has 0 aliphatic carbocycles. The highest BCUT2D eigenvalue weighted by molar-refractivity contribution is 5.56. The summed E-state index contributed by atoms with van der Waals surface area (Å²) in [5.74, 6) is 2.64. The van der Waals surface area contributed by atoms with Crippen LogP contribution in [-0.4, -0.2) is 13.4 Å². The predicted octanol–water partition coefficient (Wildman–Crippen LogP) is 2.96. The van der Waals surface area contributed by atoms with E-state index in [0.29, 0.717) is 6.79 Å². The second-order valence-electron chi connectivity index (χ2n) is 4.96. The Balaban J connectivity index is 1.47. The molecular weight excluding hydrogens is 254 g/mol. The van der Waals surface area contributed by atoms with Crippen LogP contribution < -0.4 is 19.5 Å². The average Bonchev–Trinajstić information content (AvgIpc) is 3.12. The zero-order valence-electron chi connectivity index (χ0n) is 11.0. The van der Waals surface area contributed by atoms with Gasteiger partial charge in [-0.25, -0.2) is 0 Å². The molecule has 2 aliphatic rings. The van der Waals surface area contributed by atoms with Crippen molar-refractivity contribution in [1.29, 1.82) is 0 Å². The zero-order valence-corrected chi connectivity index (χ0v) is 11.0. The topological polar surface area (TPSA) is 39.7 Å². The second kappa shape index (κ2) is 4.63. The van der Waals surface area contributed by atoms with E-state index in [1.807, 2.05) is 18.2 Å². The van der Waals surface area contributed by atoms with Crippen LogP contribution in [0.3, 0.4) is 0 Å². The Labute approximate surface area is 117 Å². The van der Waals surface area contributed by atoms with Crippen LogP contribution >= 0.6 is 0 Å². The molecular formula is C16H15NO3. The van der Waals surface area contributed by atoms with E-state index in [2.05, 4.69) is 23.5 Å². The molecule has 4 heteroatoms. The summed E-state index contributed by atoms with van der Waals surface area (Å²) in [6.07, 6.45) is 1.01. The lowest BCUT2D eigenvalue weighted by atomic mass is 10.1. The largest absolute Gasteiger partial charge is 0.493 e. The molecule has 0 saturated heterocycles. The summed E-state index contributed by atoms with van der Waals surface area (Å²) in [5, 5.41) is 3.41. The number of benzene rings is 2. The van der Waals surface area contributed by atoms with Gasteiger partial charge in [0.05, 0.1) is 6.61 Å². The minimum atomic E-state index is 0.309. The lowest BCUT2D eigenvalue weighted by Gasteiger charge is -2.08. The van der Waals surface area contributed by atoms with Crippen LogP contribution in [0.15, 0.2) is 36.4 Å². The van der Waals surface area contributed by atoms with Crippen LogP contribution in [0.5, 0.6) is 17.2 Å². The highest BCUT2D eigenvalue weighted by Crippen LogP contribution is 2.34. The van der Waals surface area contributed by atoms with Crippen LogP contribution in [0.2, 0.25) is 0 Å². The fourth-order valence-electron chi connectivity index (χ4n) is 2.56. The van der Waals surface area contributed by atoms with Crippen molar-refractivity contribution in [3.63, 3.8) is 0 Å². The van der Waals surface area contributed by atoms with Gasteiger partial charge in [-0.2, -0.15) is 0 Å². The number of nitrogens with one attached hydrogen (secondary N) is 1. The number of fused-ring (bicyclic) bond motifs is 2. The fourth-order valence-corrected chi connectivity index (χ4v) is 2.56. The van der Waals surface area contributed by atoms with Gasteiger partial charge in [-0.15, -0.1) is 0 Å². The van der Waals surface area contributed by atoms with E-state index in [9.17, 15) is 0 Å². The smallest absolute Gasteiger partial charge is 0.231 e. The predicted molar refractivity (Wildman–Crippen MR) is 75.5 cm³/mol. The van der Waals surface area contributed by atoms with Gasteiger partial charge in [0.15, 0.2) is 11.5 Å². The Hall–Kier alpha value is -2.36. The van der Waals surface area contributed by atoms with Gasteiger partial charge in [0.25, 0.3) is 0 Å². The molecule has 0 amide bonds. The molecule has 1 N–H and O–H groups in total. The monoisotopic (exact) mass is 269 g/mol. The van der Waals surface area contributed by atoms with Crippen molar-refractivity contribution in [3.8, 4) is 17.2 Å². The number of anilines is 1. The van der Waals surface area contributed by atoms with E-state index in [1.54, 1.807) is 0 Å². The molecule has 0 fully saturated rings. The van der Waals surface area contributed by atoms with E-state index >= 15 is 0 Å². The first-order valence-electron chi connectivity index (χ1n) is 6.77. The van der Waals surface area contributed by atoms with Crippen LogP contribution in [0.1, 0.15) is 11.1 Å². The number of rotatable bonds is 3. The molecule has 0 bridgehead atoms. The first kappa shape index (κ1) is 11.5. The van der Waals surface area contributed by atoms with Crippen LogP contribution in [-0.2, 0) is 13.0 Å². The first-order valence-corrected chi connectivity index (χ1v) is 6.77. The summed E-state index contributed by atoms with van der Waals surface area (Å²) in [4.78, 5) is 0. The van der Waals surface area contributed by atoms with E-state index in [1.165, 1.54) is 11.1 Å². The van der Waals surface area contributed by atoms with E-state index in [4.69, 9.17) is 14.2 Å². The van der Waals surface area contributed by atoms with Gasteiger partial charge >= 0.3 is 0 Å². The molecule has 4 rings (SSSR count). The molecule has 102 valence electrons. The van der Waals surface area contributed by atoms with Gasteiger partial charge in [0.1, 0.15) is 5.75 Å². The average molecular weight is 269 g/mol. The maximum Gasteiger partial charge on any atom is 0.231 e. The highest BCUT2D eigenvalue weighted by atomic mass is 16.7. The van der Waals surface area contributed by atoms with Crippen molar-refractivity contribution < 1.29 is 14.2 Å². The van der Waals surface area contributed by atoms with Crippen molar-refractivity contribution in [3.05, 3.63) is 47.5 Å². The number of hydrogen-bond acceptors (Lipinski definition) is 4. The SMILES string of the molecule is c1cc2c(cc1CNc1ccc3c(c1)OCO3)CCO2. The summed E-state index contributed by atoms with van der Waals surface area (Å²) in [5.41, 5.74) is 3.59. The Morgan fingerprint density at radius 3 is 2.80 bits per heavy atom. The Morgan fingerprint density at radius 1 is 0.900 bits per heavy atom. The molecule has 0 atom stereocenters. The molecule has 0 spiro atoms. The molecule has 0 radical (unpaired) electrons. The van der Waals surface area contributed by atoms with Crippen LogP contribution in [0, 0.1) is 0 Å². The molecule has 0 unspecified atom stereocenters. The van der Waals surface area contributed by atoms with Gasteiger partial charge < -0.3 is 19.5 Å². The quantitative estimate of drug-likeness (QED) is 0.930. The summed E-state index contributed by atoms with van der Waals surface area (Å²) >= 11 is 0. The van der Waals surface area contributed by atoms with Crippen LogP contribution in [0.25, 0.3) is 0 Å². The number of ether oxygens (including phenoxy) is 3. The van der Waals surface area contributed by atoms with E-state index in [0.717, 1.165) is 42.5 Å². The lowest BCUT2D eigenvalue weighted by Crippen LogP contribution is -1.99.